The minimum Gasteiger partial charge on any atom is -0.312 e. The van der Waals surface area contributed by atoms with Gasteiger partial charge >= 0.3 is 0 Å². The fourth-order valence-corrected chi connectivity index (χ4v) is 3.55. The molecule has 0 saturated heterocycles. The second-order valence-electron chi connectivity index (χ2n) is 5.43. The summed E-state index contributed by atoms with van der Waals surface area (Å²) in [6, 6.07) is 17.3. The van der Waals surface area contributed by atoms with Crippen molar-refractivity contribution in [3.8, 4) is 0 Å². The SMILES string of the molecule is CNC(CSc1cccc(Cl)c1)c1ccc(C(C)C)cc1. The molecule has 0 radical (unpaired) electrons. The van der Waals surface area contributed by atoms with Crippen LogP contribution >= 0.6 is 23.4 Å². The van der Waals surface area contributed by atoms with Crippen molar-refractivity contribution in [3.05, 3.63) is 64.7 Å². The van der Waals surface area contributed by atoms with Gasteiger partial charge in [0.25, 0.3) is 0 Å². The molecular weight excluding hydrogens is 298 g/mol. The van der Waals surface area contributed by atoms with Crippen LogP contribution in [0.5, 0.6) is 0 Å². The molecule has 0 heterocycles. The first-order valence-electron chi connectivity index (χ1n) is 7.25. The molecule has 0 aliphatic carbocycles. The summed E-state index contributed by atoms with van der Waals surface area (Å²) >= 11 is 7.85. The largest absolute Gasteiger partial charge is 0.312 e. The molecule has 0 amide bonds. The molecule has 21 heavy (non-hydrogen) atoms. The lowest BCUT2D eigenvalue weighted by Crippen LogP contribution is -2.18. The minimum atomic E-state index is 0.343. The first kappa shape index (κ1) is 16.4. The molecule has 1 atom stereocenters. The van der Waals surface area contributed by atoms with Gasteiger partial charge in [-0.05, 0) is 42.3 Å². The first-order valence-corrected chi connectivity index (χ1v) is 8.62. The van der Waals surface area contributed by atoms with Crippen LogP contribution in [0, 0.1) is 0 Å². The van der Waals surface area contributed by atoms with Gasteiger partial charge < -0.3 is 5.32 Å². The second-order valence-corrected chi connectivity index (χ2v) is 6.96. The maximum absolute atomic E-state index is 6.03. The summed E-state index contributed by atoms with van der Waals surface area (Å²) in [6.45, 7) is 4.44. The average Bonchev–Trinajstić information content (AvgIpc) is 2.48. The van der Waals surface area contributed by atoms with Gasteiger partial charge in [-0.3, -0.25) is 0 Å². The summed E-state index contributed by atoms with van der Waals surface area (Å²) < 4.78 is 0. The number of benzene rings is 2. The van der Waals surface area contributed by atoms with Crippen LogP contribution < -0.4 is 5.32 Å². The lowest BCUT2D eigenvalue weighted by atomic mass is 10.00. The highest BCUT2D eigenvalue weighted by Crippen LogP contribution is 2.27. The van der Waals surface area contributed by atoms with E-state index in [1.807, 2.05) is 37.0 Å². The third-order valence-electron chi connectivity index (χ3n) is 3.57. The van der Waals surface area contributed by atoms with E-state index >= 15 is 0 Å². The van der Waals surface area contributed by atoms with E-state index in [1.54, 1.807) is 0 Å². The minimum absolute atomic E-state index is 0.343. The highest BCUT2D eigenvalue weighted by Gasteiger charge is 2.10. The number of hydrogen-bond acceptors (Lipinski definition) is 2. The van der Waals surface area contributed by atoms with E-state index < -0.39 is 0 Å². The predicted octanol–water partition coefficient (Wildman–Crippen LogP) is 5.52. The molecule has 0 fully saturated rings. The van der Waals surface area contributed by atoms with E-state index in [2.05, 4.69) is 49.5 Å². The molecule has 0 aliphatic rings. The predicted molar refractivity (Wildman–Crippen MR) is 94.5 cm³/mol. The van der Waals surface area contributed by atoms with Crippen LogP contribution in [0.3, 0.4) is 0 Å². The Labute approximate surface area is 137 Å². The van der Waals surface area contributed by atoms with Crippen LogP contribution in [0.1, 0.15) is 36.9 Å². The normalized spacial score (nSPS) is 12.6. The summed E-state index contributed by atoms with van der Waals surface area (Å²) in [5.74, 6) is 1.56. The highest BCUT2D eigenvalue weighted by molar-refractivity contribution is 7.99. The van der Waals surface area contributed by atoms with Crippen molar-refractivity contribution in [2.75, 3.05) is 12.8 Å². The summed E-state index contributed by atoms with van der Waals surface area (Å²) in [5.41, 5.74) is 2.72. The molecule has 112 valence electrons. The molecule has 2 rings (SSSR count). The zero-order valence-corrected chi connectivity index (χ0v) is 14.3. The van der Waals surface area contributed by atoms with Gasteiger partial charge in [-0.2, -0.15) is 0 Å². The Morgan fingerprint density at radius 1 is 1.05 bits per heavy atom. The molecule has 2 aromatic carbocycles. The standard InChI is InChI=1S/C18H22ClNS/c1-13(2)14-7-9-15(10-8-14)18(20-3)12-21-17-6-4-5-16(19)11-17/h4-11,13,18,20H,12H2,1-3H3. The lowest BCUT2D eigenvalue weighted by Gasteiger charge is -2.17. The summed E-state index contributed by atoms with van der Waals surface area (Å²) in [7, 11) is 2.01. The maximum atomic E-state index is 6.03. The summed E-state index contributed by atoms with van der Waals surface area (Å²) in [6.07, 6.45) is 0. The van der Waals surface area contributed by atoms with E-state index in [-0.39, 0.29) is 0 Å². The van der Waals surface area contributed by atoms with Crippen LogP contribution in [0.2, 0.25) is 5.02 Å². The number of nitrogens with one attached hydrogen (secondary N) is 1. The lowest BCUT2D eigenvalue weighted by molar-refractivity contribution is 0.661. The van der Waals surface area contributed by atoms with Crippen molar-refractivity contribution in [1.82, 2.24) is 5.32 Å². The Balaban J connectivity index is 2.02. The van der Waals surface area contributed by atoms with Gasteiger partial charge in [0.15, 0.2) is 0 Å². The molecule has 1 N–H and O–H groups in total. The van der Waals surface area contributed by atoms with Crippen molar-refractivity contribution in [2.24, 2.45) is 0 Å². The van der Waals surface area contributed by atoms with E-state index in [9.17, 15) is 0 Å². The van der Waals surface area contributed by atoms with Crippen molar-refractivity contribution < 1.29 is 0 Å². The van der Waals surface area contributed by atoms with Crippen molar-refractivity contribution in [3.63, 3.8) is 0 Å². The fourth-order valence-electron chi connectivity index (χ4n) is 2.20. The van der Waals surface area contributed by atoms with Gasteiger partial charge in [-0.15, -0.1) is 11.8 Å². The van der Waals surface area contributed by atoms with Gasteiger partial charge in [-0.1, -0.05) is 55.8 Å². The molecular formula is C18H22ClNS. The van der Waals surface area contributed by atoms with E-state index in [0.29, 0.717) is 12.0 Å². The van der Waals surface area contributed by atoms with Gasteiger partial charge in [-0.25, -0.2) is 0 Å². The Bertz CT molecular complexity index is 566. The molecule has 0 aromatic heterocycles. The monoisotopic (exact) mass is 319 g/mol. The van der Waals surface area contributed by atoms with Crippen molar-refractivity contribution >= 4 is 23.4 Å². The molecule has 0 bridgehead atoms. The summed E-state index contributed by atoms with van der Waals surface area (Å²) in [4.78, 5) is 1.21. The Morgan fingerprint density at radius 3 is 2.29 bits per heavy atom. The molecule has 0 saturated carbocycles. The van der Waals surface area contributed by atoms with E-state index in [4.69, 9.17) is 11.6 Å². The van der Waals surface area contributed by atoms with Crippen LogP contribution in [0.15, 0.2) is 53.4 Å². The molecule has 1 nitrogen and oxygen atoms in total. The Morgan fingerprint density at radius 2 is 1.71 bits per heavy atom. The van der Waals surface area contributed by atoms with E-state index in [0.717, 1.165) is 10.8 Å². The van der Waals surface area contributed by atoms with Crippen LogP contribution in [-0.4, -0.2) is 12.8 Å². The molecule has 0 aliphatic heterocycles. The third kappa shape index (κ3) is 4.77. The number of rotatable bonds is 6. The van der Waals surface area contributed by atoms with Crippen molar-refractivity contribution in [1.29, 1.82) is 0 Å². The molecule has 3 heteroatoms. The zero-order chi connectivity index (χ0) is 15.2. The molecule has 0 spiro atoms. The van der Waals surface area contributed by atoms with E-state index in [1.165, 1.54) is 16.0 Å². The molecule has 2 aromatic rings. The van der Waals surface area contributed by atoms with Gasteiger partial charge in [0.1, 0.15) is 0 Å². The van der Waals surface area contributed by atoms with Crippen LogP contribution in [-0.2, 0) is 0 Å². The maximum Gasteiger partial charge on any atom is 0.0417 e. The van der Waals surface area contributed by atoms with Gasteiger partial charge in [0, 0.05) is 21.7 Å². The van der Waals surface area contributed by atoms with Crippen LogP contribution in [0.4, 0.5) is 0 Å². The second kappa shape index (κ2) is 7.88. The Kier molecular flexibility index (Phi) is 6.16. The quantitative estimate of drug-likeness (QED) is 0.704. The van der Waals surface area contributed by atoms with Gasteiger partial charge in [0.05, 0.1) is 0 Å². The smallest absolute Gasteiger partial charge is 0.0417 e. The Hall–Kier alpha value is -0.960. The zero-order valence-electron chi connectivity index (χ0n) is 12.8. The van der Waals surface area contributed by atoms with Crippen LogP contribution in [0.25, 0.3) is 0 Å². The number of halogens is 1. The third-order valence-corrected chi connectivity index (χ3v) is 4.89. The van der Waals surface area contributed by atoms with Crippen molar-refractivity contribution in [2.45, 2.75) is 30.7 Å². The highest BCUT2D eigenvalue weighted by atomic mass is 35.5. The first-order chi connectivity index (χ1) is 10.1. The molecule has 1 unspecified atom stereocenters. The number of thioether (sulfide) groups is 1. The van der Waals surface area contributed by atoms with Gasteiger partial charge in [0.2, 0.25) is 0 Å². The number of hydrogen-bond donors (Lipinski definition) is 1. The average molecular weight is 320 g/mol. The topological polar surface area (TPSA) is 12.0 Å². The summed E-state index contributed by atoms with van der Waals surface area (Å²) in [5, 5.41) is 4.19. The fraction of sp³-hybridized carbons (Fsp3) is 0.333.